The number of esters is 1. The summed E-state index contributed by atoms with van der Waals surface area (Å²) < 4.78 is 5.51. The first-order chi connectivity index (χ1) is 17.1. The summed E-state index contributed by atoms with van der Waals surface area (Å²) in [6, 6.07) is 9.78. The highest BCUT2D eigenvalue weighted by atomic mass is 16.5. The lowest BCUT2D eigenvalue weighted by molar-refractivity contribution is -0.207. The van der Waals surface area contributed by atoms with Crippen LogP contribution in [0.3, 0.4) is 0 Å². The molecule has 0 amide bonds. The molecule has 0 aromatic heterocycles. The van der Waals surface area contributed by atoms with Crippen LogP contribution in [-0.4, -0.2) is 39.6 Å². The van der Waals surface area contributed by atoms with E-state index in [1.807, 2.05) is 30.3 Å². The van der Waals surface area contributed by atoms with Crippen LogP contribution in [0, 0.1) is 46.3 Å². The molecule has 1 aromatic carbocycles. The fourth-order valence-corrected chi connectivity index (χ4v) is 9.49. The maximum Gasteiger partial charge on any atom is 0.306 e. The lowest BCUT2D eigenvalue weighted by Gasteiger charge is -2.63. The Morgan fingerprint density at radius 2 is 1.78 bits per heavy atom. The van der Waals surface area contributed by atoms with E-state index < -0.39 is 6.10 Å². The Labute approximate surface area is 216 Å². The lowest BCUT2D eigenvalue weighted by Crippen LogP contribution is -2.62. The molecular weight excluding hydrogens is 452 g/mol. The van der Waals surface area contributed by atoms with Gasteiger partial charge in [-0.1, -0.05) is 51.1 Å². The molecule has 0 aliphatic heterocycles. The van der Waals surface area contributed by atoms with Crippen molar-refractivity contribution < 1.29 is 24.9 Å². The first-order valence-electron chi connectivity index (χ1n) is 14.4. The van der Waals surface area contributed by atoms with E-state index in [4.69, 9.17) is 4.74 Å². The quantitative estimate of drug-likeness (QED) is 0.475. The van der Waals surface area contributed by atoms with E-state index in [1.165, 1.54) is 0 Å². The van der Waals surface area contributed by atoms with Crippen molar-refractivity contribution in [3.8, 4) is 0 Å². The van der Waals surface area contributed by atoms with E-state index in [-0.39, 0.29) is 34.9 Å². The van der Waals surface area contributed by atoms with Crippen LogP contribution in [0.4, 0.5) is 0 Å². The summed E-state index contributed by atoms with van der Waals surface area (Å²) in [6.07, 6.45) is 6.42. The molecule has 4 fully saturated rings. The van der Waals surface area contributed by atoms with Crippen molar-refractivity contribution in [2.45, 2.75) is 103 Å². The van der Waals surface area contributed by atoms with Crippen LogP contribution in [0.2, 0.25) is 0 Å². The number of carbonyl (C=O) groups excluding carboxylic acids is 1. The van der Waals surface area contributed by atoms with Gasteiger partial charge < -0.3 is 20.1 Å². The van der Waals surface area contributed by atoms with Gasteiger partial charge in [-0.05, 0) is 103 Å². The molecule has 3 unspecified atom stereocenters. The summed E-state index contributed by atoms with van der Waals surface area (Å²) >= 11 is 0. The van der Waals surface area contributed by atoms with Gasteiger partial charge in [0, 0.05) is 6.42 Å². The average molecular weight is 499 g/mol. The van der Waals surface area contributed by atoms with Crippen LogP contribution in [0.15, 0.2) is 30.3 Å². The molecule has 3 N–H and O–H groups in total. The van der Waals surface area contributed by atoms with Crippen molar-refractivity contribution in [2.75, 3.05) is 0 Å². The van der Waals surface area contributed by atoms with Gasteiger partial charge in [-0.3, -0.25) is 4.79 Å². The first kappa shape index (κ1) is 26.2. The number of rotatable bonds is 6. The molecule has 1 aromatic rings. The summed E-state index contributed by atoms with van der Waals surface area (Å²) in [7, 11) is 0. The molecule has 0 bridgehead atoms. The molecule has 5 heteroatoms. The SMILES string of the molecule is C[C@H](CCC(=O)OCc1ccccc1)[C@H]1CC[C@H]2C3[C@H](O)CC4C[C@H](O)CC[C@]4(C)[C@H]3CC(O)[C@]12C. The second kappa shape index (κ2) is 10.0. The molecule has 0 radical (unpaired) electrons. The Balaban J connectivity index is 1.25. The molecule has 200 valence electrons. The average Bonchev–Trinajstić information content (AvgIpc) is 3.22. The third-order valence-electron chi connectivity index (χ3n) is 11.6. The Bertz CT molecular complexity index is 919. The minimum absolute atomic E-state index is 0.0949. The molecule has 5 rings (SSSR count). The van der Waals surface area contributed by atoms with Crippen LogP contribution < -0.4 is 0 Å². The molecule has 4 aliphatic rings. The molecule has 0 saturated heterocycles. The summed E-state index contributed by atoms with van der Waals surface area (Å²) in [4.78, 5) is 12.5. The Morgan fingerprint density at radius 1 is 1.03 bits per heavy atom. The second-order valence-electron chi connectivity index (χ2n) is 13.2. The number of aliphatic hydroxyl groups is 3. The zero-order chi connectivity index (χ0) is 25.7. The number of ether oxygens (including phenoxy) is 1. The molecule has 11 atom stereocenters. The summed E-state index contributed by atoms with van der Waals surface area (Å²) in [5, 5.41) is 33.4. The first-order valence-corrected chi connectivity index (χ1v) is 14.4. The maximum atomic E-state index is 12.5. The number of aliphatic hydroxyl groups excluding tert-OH is 3. The highest BCUT2D eigenvalue weighted by Gasteiger charge is 2.65. The molecule has 36 heavy (non-hydrogen) atoms. The predicted octanol–water partition coefficient (Wildman–Crippen LogP) is 5.11. The van der Waals surface area contributed by atoms with Gasteiger partial charge in [0.25, 0.3) is 0 Å². The van der Waals surface area contributed by atoms with Crippen molar-refractivity contribution in [2.24, 2.45) is 46.3 Å². The van der Waals surface area contributed by atoms with E-state index in [1.54, 1.807) is 0 Å². The van der Waals surface area contributed by atoms with E-state index in [2.05, 4.69) is 20.8 Å². The second-order valence-corrected chi connectivity index (χ2v) is 13.2. The van der Waals surface area contributed by atoms with E-state index in [9.17, 15) is 20.1 Å². The molecule has 0 spiro atoms. The van der Waals surface area contributed by atoms with E-state index in [0.29, 0.717) is 42.6 Å². The number of fused-ring (bicyclic) bond motifs is 5. The van der Waals surface area contributed by atoms with Gasteiger partial charge in [0.1, 0.15) is 6.61 Å². The topological polar surface area (TPSA) is 87.0 Å². The van der Waals surface area contributed by atoms with Crippen molar-refractivity contribution >= 4 is 5.97 Å². The third kappa shape index (κ3) is 4.43. The summed E-state index contributed by atoms with van der Waals surface area (Å²) in [6.45, 7) is 7.19. The lowest BCUT2D eigenvalue weighted by atomic mass is 9.43. The zero-order valence-electron chi connectivity index (χ0n) is 22.3. The standard InChI is InChI=1S/C31H46O5/c1-19(9-12-28(35)36-18-20-7-5-4-6-8-20)23-10-11-24-29-25(17-27(34)31(23,24)3)30(2)14-13-22(32)15-21(30)16-26(29)33/h4-8,19,21-27,29,32-34H,9-18H2,1-3H3/t19-,21?,22-,23-,24+,25+,26-,27?,29?,30+,31-/m1/s1. The highest BCUT2D eigenvalue weighted by molar-refractivity contribution is 5.69. The molecule has 0 heterocycles. The van der Waals surface area contributed by atoms with Gasteiger partial charge in [0.2, 0.25) is 0 Å². The van der Waals surface area contributed by atoms with E-state index in [0.717, 1.165) is 56.9 Å². The molecule has 4 saturated carbocycles. The Morgan fingerprint density at radius 3 is 2.53 bits per heavy atom. The minimum atomic E-state index is -0.390. The third-order valence-corrected chi connectivity index (χ3v) is 11.6. The van der Waals surface area contributed by atoms with Crippen molar-refractivity contribution in [1.29, 1.82) is 0 Å². The van der Waals surface area contributed by atoms with E-state index >= 15 is 0 Å². The maximum absolute atomic E-state index is 12.5. The zero-order valence-corrected chi connectivity index (χ0v) is 22.3. The van der Waals surface area contributed by atoms with Crippen LogP contribution in [0.1, 0.15) is 84.1 Å². The van der Waals surface area contributed by atoms with Gasteiger partial charge in [0.15, 0.2) is 0 Å². The summed E-state index contributed by atoms with van der Waals surface area (Å²) in [5.74, 6) is 1.68. The Hall–Kier alpha value is -1.43. The number of hydrogen-bond acceptors (Lipinski definition) is 5. The van der Waals surface area contributed by atoms with Gasteiger partial charge >= 0.3 is 5.97 Å². The van der Waals surface area contributed by atoms with Crippen LogP contribution in [0.25, 0.3) is 0 Å². The smallest absolute Gasteiger partial charge is 0.306 e. The number of hydrogen-bond donors (Lipinski definition) is 3. The number of carbonyl (C=O) groups is 1. The highest BCUT2D eigenvalue weighted by Crippen LogP contribution is 2.68. The largest absolute Gasteiger partial charge is 0.461 e. The Kier molecular flexibility index (Phi) is 7.30. The van der Waals surface area contributed by atoms with Crippen LogP contribution in [-0.2, 0) is 16.1 Å². The predicted molar refractivity (Wildman–Crippen MR) is 139 cm³/mol. The fourth-order valence-electron chi connectivity index (χ4n) is 9.49. The monoisotopic (exact) mass is 498 g/mol. The van der Waals surface area contributed by atoms with Gasteiger partial charge in [-0.25, -0.2) is 0 Å². The van der Waals surface area contributed by atoms with Gasteiger partial charge in [-0.2, -0.15) is 0 Å². The van der Waals surface area contributed by atoms with Crippen molar-refractivity contribution in [1.82, 2.24) is 0 Å². The van der Waals surface area contributed by atoms with Crippen LogP contribution in [0.5, 0.6) is 0 Å². The fraction of sp³-hybridized carbons (Fsp3) is 0.774. The molecule has 5 nitrogen and oxygen atoms in total. The van der Waals surface area contributed by atoms with Gasteiger partial charge in [-0.15, -0.1) is 0 Å². The number of benzene rings is 1. The van der Waals surface area contributed by atoms with Crippen molar-refractivity contribution in [3.63, 3.8) is 0 Å². The normalized spacial score (nSPS) is 44.7. The summed E-state index contributed by atoms with van der Waals surface area (Å²) in [5.41, 5.74) is 0.865. The molecular formula is C31H46O5. The minimum Gasteiger partial charge on any atom is -0.461 e. The van der Waals surface area contributed by atoms with Gasteiger partial charge in [0.05, 0.1) is 18.3 Å². The van der Waals surface area contributed by atoms with Crippen LogP contribution >= 0.6 is 0 Å². The molecule has 4 aliphatic carbocycles. The van der Waals surface area contributed by atoms with Crippen molar-refractivity contribution in [3.05, 3.63) is 35.9 Å².